The molecule has 0 spiro atoms. The smallest absolute Gasteiger partial charge is 0.337 e. The Morgan fingerprint density at radius 1 is 1.29 bits per heavy atom. The lowest BCUT2D eigenvalue weighted by atomic mass is 9.93. The van der Waals surface area contributed by atoms with Gasteiger partial charge in [-0.15, -0.1) is 0 Å². The number of hydrogen-bond donors (Lipinski definition) is 2. The second-order valence-corrected chi connectivity index (χ2v) is 6.21. The van der Waals surface area contributed by atoms with E-state index in [9.17, 15) is 0 Å². The van der Waals surface area contributed by atoms with Crippen LogP contribution in [0, 0.1) is 4.91 Å². The predicted molar refractivity (Wildman–Crippen MR) is 92.8 cm³/mol. The summed E-state index contributed by atoms with van der Waals surface area (Å²) in [6.07, 6.45) is 10.5. The third-order valence-corrected chi connectivity index (χ3v) is 4.11. The molecule has 2 aromatic rings. The Labute approximate surface area is 151 Å². The number of nitrogens with zero attached hydrogens (tertiary/aromatic N) is 3. The molecule has 0 aliphatic rings. The van der Waals surface area contributed by atoms with Crippen molar-refractivity contribution in [3.63, 3.8) is 0 Å². The lowest BCUT2D eigenvalue weighted by Crippen LogP contribution is -2.09. The third kappa shape index (κ3) is 7.66. The van der Waals surface area contributed by atoms with E-state index >= 15 is 0 Å². The Hall–Kier alpha value is -1.79. The molecule has 1 heterocycles. The number of hydrogen-bond acceptors (Lipinski definition) is 2. The molecule has 24 heavy (non-hydrogen) atoms. The summed E-state index contributed by atoms with van der Waals surface area (Å²) in [5, 5.41) is 14.0. The highest BCUT2D eigenvalue weighted by Crippen LogP contribution is 2.32. The summed E-state index contributed by atoms with van der Waals surface area (Å²) >= 11 is 12.4. The largest absolute Gasteiger partial charge is 0.472 e. The number of benzene rings is 1. The summed E-state index contributed by atoms with van der Waals surface area (Å²) < 4.78 is 2.11. The van der Waals surface area contributed by atoms with E-state index in [1.54, 1.807) is 0 Å². The second kappa shape index (κ2) is 10.9. The van der Waals surface area contributed by atoms with E-state index in [2.05, 4.69) is 22.5 Å². The number of imidazole rings is 1. The van der Waals surface area contributed by atoms with Crippen LogP contribution in [0.1, 0.15) is 44.1 Å². The van der Waals surface area contributed by atoms with Crippen LogP contribution in [-0.2, 0) is 6.54 Å². The first-order valence-electron chi connectivity index (χ1n) is 7.69. The number of unbranched alkanes of at least 4 members (excludes halogenated alkanes) is 2. The van der Waals surface area contributed by atoms with Gasteiger partial charge in [0.15, 0.2) is 0 Å². The van der Waals surface area contributed by atoms with Gasteiger partial charge in [0.25, 0.3) is 0 Å². The molecular weight excluding hydrogens is 353 g/mol. The number of rotatable bonds is 7. The van der Waals surface area contributed by atoms with Gasteiger partial charge in [0, 0.05) is 34.9 Å². The minimum atomic E-state index is -1.25. The minimum absolute atomic E-state index is 0.403. The van der Waals surface area contributed by atoms with Crippen LogP contribution < -0.4 is 0 Å². The molecule has 0 bridgehead atoms. The zero-order valence-electron chi connectivity index (χ0n) is 13.5. The van der Waals surface area contributed by atoms with E-state index in [0.717, 1.165) is 18.0 Å². The Morgan fingerprint density at radius 2 is 2.00 bits per heavy atom. The van der Waals surface area contributed by atoms with Crippen molar-refractivity contribution < 1.29 is 15.5 Å². The first-order valence-corrected chi connectivity index (χ1v) is 8.45. The number of halogens is 2. The van der Waals surface area contributed by atoms with E-state index in [4.69, 9.17) is 38.5 Å². The average molecular weight is 375 g/mol. The monoisotopic (exact) mass is 374 g/mol. The van der Waals surface area contributed by atoms with Gasteiger partial charge in [-0.1, -0.05) is 55.5 Å². The molecule has 0 saturated carbocycles. The summed E-state index contributed by atoms with van der Waals surface area (Å²) in [5.74, 6) is 0.403. The van der Waals surface area contributed by atoms with E-state index in [1.165, 1.54) is 24.8 Å². The van der Waals surface area contributed by atoms with Gasteiger partial charge in [0.1, 0.15) is 4.91 Å². The molecule has 132 valence electrons. The van der Waals surface area contributed by atoms with E-state index < -0.39 is 5.09 Å². The first kappa shape index (κ1) is 20.3. The van der Waals surface area contributed by atoms with Crippen molar-refractivity contribution in [2.24, 2.45) is 0 Å². The molecule has 6 nitrogen and oxygen atoms in total. The highest BCUT2D eigenvalue weighted by atomic mass is 35.5. The van der Waals surface area contributed by atoms with Crippen molar-refractivity contribution in [3.05, 3.63) is 57.4 Å². The Kier molecular flexibility index (Phi) is 9.19. The van der Waals surface area contributed by atoms with Crippen molar-refractivity contribution in [2.45, 2.75) is 45.1 Å². The van der Waals surface area contributed by atoms with Gasteiger partial charge in [-0.3, -0.25) is 0 Å². The maximum absolute atomic E-state index is 8.47. The SMILES string of the molecule is CCCCCC(Cn1ccnc1)c1ccc(Cl)cc1Cl.O=[N+](O)O. The maximum Gasteiger partial charge on any atom is 0.472 e. The van der Waals surface area contributed by atoms with Crippen LogP contribution in [0.5, 0.6) is 0 Å². The van der Waals surface area contributed by atoms with E-state index in [1.807, 2.05) is 30.9 Å². The van der Waals surface area contributed by atoms with Gasteiger partial charge >= 0.3 is 5.09 Å². The Balaban J connectivity index is 0.000000648. The standard InChI is InChI=1S/C16H20Cl2N2.H2NO3/c1-2-3-4-5-13(11-20-9-8-19-12-20)15-7-6-14(17)10-16(15)18;2-1(3)4/h6-10,12-13H,2-5,11H2,1H3;(H2,2,3,4)/q;+1. The van der Waals surface area contributed by atoms with Crippen LogP contribution in [0.15, 0.2) is 36.9 Å². The lowest BCUT2D eigenvalue weighted by Gasteiger charge is -2.19. The van der Waals surface area contributed by atoms with Crippen LogP contribution in [0.2, 0.25) is 10.0 Å². The van der Waals surface area contributed by atoms with Crippen molar-refractivity contribution in [2.75, 3.05) is 0 Å². The van der Waals surface area contributed by atoms with Gasteiger partial charge < -0.3 is 4.57 Å². The number of aromatic nitrogens is 2. The summed E-state index contributed by atoms with van der Waals surface area (Å²) in [7, 11) is 0. The maximum atomic E-state index is 8.47. The van der Waals surface area contributed by atoms with Crippen molar-refractivity contribution >= 4 is 23.2 Å². The molecule has 0 amide bonds. The third-order valence-electron chi connectivity index (χ3n) is 3.55. The average Bonchev–Trinajstić information content (AvgIpc) is 2.99. The van der Waals surface area contributed by atoms with Gasteiger partial charge in [0.05, 0.1) is 6.33 Å². The Morgan fingerprint density at radius 3 is 2.54 bits per heavy atom. The Bertz CT molecular complexity index is 617. The summed E-state index contributed by atoms with van der Waals surface area (Å²) in [5.41, 5.74) is 1.18. The molecule has 2 N–H and O–H groups in total. The quantitative estimate of drug-likeness (QED) is 0.521. The topological polar surface area (TPSA) is 78.4 Å². The van der Waals surface area contributed by atoms with E-state index in [0.29, 0.717) is 10.9 Å². The predicted octanol–water partition coefficient (Wildman–Crippen LogP) is 5.10. The fraction of sp³-hybridized carbons (Fsp3) is 0.438. The normalized spacial score (nSPS) is 11.5. The fourth-order valence-electron chi connectivity index (χ4n) is 2.47. The van der Waals surface area contributed by atoms with E-state index in [-0.39, 0.29) is 0 Å². The minimum Gasteiger partial charge on any atom is -0.337 e. The highest BCUT2D eigenvalue weighted by molar-refractivity contribution is 6.35. The molecule has 0 aliphatic carbocycles. The summed E-state index contributed by atoms with van der Waals surface area (Å²) in [6, 6.07) is 5.81. The second-order valence-electron chi connectivity index (χ2n) is 5.37. The molecule has 0 fully saturated rings. The van der Waals surface area contributed by atoms with Gasteiger partial charge in [0.2, 0.25) is 0 Å². The van der Waals surface area contributed by atoms with Crippen molar-refractivity contribution in [1.29, 1.82) is 0 Å². The molecule has 8 heteroatoms. The molecule has 0 aliphatic heterocycles. The molecule has 1 aromatic carbocycles. The van der Waals surface area contributed by atoms with Crippen LogP contribution in [0.4, 0.5) is 0 Å². The van der Waals surface area contributed by atoms with Crippen LogP contribution in [0.3, 0.4) is 0 Å². The van der Waals surface area contributed by atoms with Crippen molar-refractivity contribution in [3.8, 4) is 0 Å². The van der Waals surface area contributed by atoms with Crippen LogP contribution in [0.25, 0.3) is 0 Å². The van der Waals surface area contributed by atoms with Gasteiger partial charge in [-0.2, -0.15) is 0 Å². The van der Waals surface area contributed by atoms with Crippen molar-refractivity contribution in [1.82, 2.24) is 9.55 Å². The van der Waals surface area contributed by atoms with Gasteiger partial charge in [-0.05, 0) is 24.1 Å². The van der Waals surface area contributed by atoms with Gasteiger partial charge in [-0.25, -0.2) is 15.4 Å². The molecule has 2 rings (SSSR count). The zero-order valence-corrected chi connectivity index (χ0v) is 15.0. The molecule has 0 saturated heterocycles. The van der Waals surface area contributed by atoms with Crippen LogP contribution in [-0.4, -0.2) is 25.1 Å². The fourth-order valence-corrected chi connectivity index (χ4v) is 3.03. The molecule has 1 atom stereocenters. The van der Waals surface area contributed by atoms with Crippen LogP contribution >= 0.6 is 23.2 Å². The molecular formula is C16H22Cl2N3O3+. The molecule has 0 radical (unpaired) electrons. The lowest BCUT2D eigenvalue weighted by molar-refractivity contribution is -0.969. The highest BCUT2D eigenvalue weighted by Gasteiger charge is 2.15. The molecule has 1 unspecified atom stereocenters. The first-order chi connectivity index (χ1) is 11.4. The molecule has 1 aromatic heterocycles. The summed E-state index contributed by atoms with van der Waals surface area (Å²) in [6.45, 7) is 3.13. The zero-order chi connectivity index (χ0) is 17.9. The summed E-state index contributed by atoms with van der Waals surface area (Å²) in [4.78, 5) is 12.6.